The highest BCUT2D eigenvalue weighted by Gasteiger charge is 2.42. The lowest BCUT2D eigenvalue weighted by Crippen LogP contribution is -2.24. The molecule has 0 atom stereocenters. The van der Waals surface area contributed by atoms with E-state index in [4.69, 9.17) is 4.74 Å². The molecule has 2 rings (SSSR count). The molecule has 1 aliphatic rings. The molecule has 0 spiro atoms. The third kappa shape index (κ3) is 1.40. The van der Waals surface area contributed by atoms with Crippen molar-refractivity contribution in [2.24, 2.45) is 0 Å². The number of hydrogen-bond acceptors (Lipinski definition) is 3. The minimum Gasteiger partial charge on any atom is -0.481 e. The van der Waals surface area contributed by atoms with Crippen LogP contribution in [-0.2, 0) is 5.54 Å². The van der Waals surface area contributed by atoms with E-state index < -0.39 is 0 Å². The van der Waals surface area contributed by atoms with E-state index in [0.717, 1.165) is 0 Å². The van der Waals surface area contributed by atoms with Gasteiger partial charge < -0.3 is 10.1 Å². The van der Waals surface area contributed by atoms with E-state index in [1.807, 2.05) is 19.3 Å². The highest BCUT2D eigenvalue weighted by atomic mass is 16.5. The van der Waals surface area contributed by atoms with E-state index in [0.29, 0.717) is 5.88 Å². The van der Waals surface area contributed by atoms with Crippen molar-refractivity contribution >= 4 is 0 Å². The maximum Gasteiger partial charge on any atom is 0.212 e. The molecule has 1 heterocycles. The molecular weight excluding hydrogens is 164 g/mol. The van der Waals surface area contributed by atoms with Gasteiger partial charge in [-0.05, 0) is 25.5 Å². The second-order valence-corrected chi connectivity index (χ2v) is 3.42. The zero-order valence-corrected chi connectivity index (χ0v) is 8.00. The number of nitrogens with zero attached hydrogens (tertiary/aromatic N) is 1. The van der Waals surface area contributed by atoms with Crippen molar-refractivity contribution in [3.05, 3.63) is 23.9 Å². The third-order valence-corrected chi connectivity index (χ3v) is 2.73. The van der Waals surface area contributed by atoms with Gasteiger partial charge in [0.2, 0.25) is 5.88 Å². The van der Waals surface area contributed by atoms with E-state index in [9.17, 15) is 0 Å². The summed E-state index contributed by atoms with van der Waals surface area (Å²) < 4.78 is 5.00. The molecular formula is C10H14N2O. The Bertz CT molecular complexity index is 290. The number of aromatic nitrogens is 1. The van der Waals surface area contributed by atoms with Crippen molar-refractivity contribution < 1.29 is 4.74 Å². The van der Waals surface area contributed by atoms with Gasteiger partial charge in [0.15, 0.2) is 0 Å². The van der Waals surface area contributed by atoms with Crippen LogP contribution in [0.3, 0.4) is 0 Å². The highest BCUT2D eigenvalue weighted by Crippen LogP contribution is 2.44. The van der Waals surface area contributed by atoms with Crippen LogP contribution >= 0.6 is 0 Å². The van der Waals surface area contributed by atoms with Gasteiger partial charge in [-0.15, -0.1) is 0 Å². The van der Waals surface area contributed by atoms with Crippen molar-refractivity contribution in [2.75, 3.05) is 14.2 Å². The van der Waals surface area contributed by atoms with Gasteiger partial charge >= 0.3 is 0 Å². The minimum atomic E-state index is 0.208. The molecule has 13 heavy (non-hydrogen) atoms. The normalized spacial score (nSPS) is 18.3. The Labute approximate surface area is 78.1 Å². The number of methoxy groups -OCH3 is 1. The van der Waals surface area contributed by atoms with Crippen molar-refractivity contribution in [1.82, 2.24) is 10.3 Å². The molecule has 0 bridgehead atoms. The van der Waals surface area contributed by atoms with Gasteiger partial charge in [0.05, 0.1) is 7.11 Å². The lowest BCUT2D eigenvalue weighted by Gasteiger charge is -2.13. The first-order valence-electron chi connectivity index (χ1n) is 4.50. The summed E-state index contributed by atoms with van der Waals surface area (Å²) in [5, 5.41) is 3.33. The van der Waals surface area contributed by atoms with E-state index in [2.05, 4.69) is 16.4 Å². The Morgan fingerprint density at radius 3 is 2.62 bits per heavy atom. The standard InChI is InChI=1S/C10H14N2O/c1-11-10(5-6-10)8-3-4-9(13-2)12-7-8/h3-4,7,11H,5-6H2,1-2H3. The monoisotopic (exact) mass is 178 g/mol. The first kappa shape index (κ1) is 8.51. The number of hydrogen-bond donors (Lipinski definition) is 1. The molecule has 0 radical (unpaired) electrons. The van der Waals surface area contributed by atoms with Crippen LogP contribution in [0, 0.1) is 0 Å². The van der Waals surface area contributed by atoms with Crippen LogP contribution < -0.4 is 10.1 Å². The second-order valence-electron chi connectivity index (χ2n) is 3.42. The van der Waals surface area contributed by atoms with Crippen molar-refractivity contribution in [3.63, 3.8) is 0 Å². The molecule has 0 saturated heterocycles. The zero-order chi connectivity index (χ0) is 9.31. The second kappa shape index (κ2) is 3.00. The van der Waals surface area contributed by atoms with E-state index in [1.165, 1.54) is 18.4 Å². The van der Waals surface area contributed by atoms with Crippen LogP contribution in [0.15, 0.2) is 18.3 Å². The number of nitrogens with one attached hydrogen (secondary N) is 1. The Hall–Kier alpha value is -1.09. The van der Waals surface area contributed by atoms with Crippen molar-refractivity contribution in [2.45, 2.75) is 18.4 Å². The molecule has 3 nitrogen and oxygen atoms in total. The maximum absolute atomic E-state index is 5.00. The molecule has 0 unspecified atom stereocenters. The van der Waals surface area contributed by atoms with Crippen LogP contribution in [0.25, 0.3) is 0 Å². The van der Waals surface area contributed by atoms with Gasteiger partial charge in [0.1, 0.15) is 0 Å². The lowest BCUT2D eigenvalue weighted by atomic mass is 10.1. The molecule has 1 fully saturated rings. The van der Waals surface area contributed by atoms with Gasteiger partial charge in [-0.1, -0.05) is 6.07 Å². The van der Waals surface area contributed by atoms with E-state index in [-0.39, 0.29) is 5.54 Å². The first-order valence-corrected chi connectivity index (χ1v) is 4.50. The summed E-state index contributed by atoms with van der Waals surface area (Å²) in [6.45, 7) is 0. The van der Waals surface area contributed by atoms with Gasteiger partial charge in [-0.2, -0.15) is 0 Å². The fourth-order valence-electron chi connectivity index (χ4n) is 1.59. The zero-order valence-electron chi connectivity index (χ0n) is 8.00. The molecule has 1 aliphatic carbocycles. The summed E-state index contributed by atoms with van der Waals surface area (Å²) in [5.41, 5.74) is 1.47. The molecule has 1 saturated carbocycles. The summed E-state index contributed by atoms with van der Waals surface area (Å²) in [6.07, 6.45) is 4.30. The van der Waals surface area contributed by atoms with Crippen molar-refractivity contribution in [3.8, 4) is 5.88 Å². The van der Waals surface area contributed by atoms with Gasteiger partial charge in [-0.25, -0.2) is 4.98 Å². The topological polar surface area (TPSA) is 34.1 Å². The molecule has 0 amide bonds. The van der Waals surface area contributed by atoms with E-state index in [1.54, 1.807) is 7.11 Å². The van der Waals surface area contributed by atoms with Crippen LogP contribution in [0.5, 0.6) is 5.88 Å². The van der Waals surface area contributed by atoms with Gasteiger partial charge in [0.25, 0.3) is 0 Å². The first-order chi connectivity index (χ1) is 6.30. The molecule has 1 aromatic heterocycles. The summed E-state index contributed by atoms with van der Waals surface area (Å²) in [5.74, 6) is 0.677. The summed E-state index contributed by atoms with van der Waals surface area (Å²) in [7, 11) is 3.63. The molecule has 0 aromatic carbocycles. The fraction of sp³-hybridized carbons (Fsp3) is 0.500. The largest absolute Gasteiger partial charge is 0.481 e. The molecule has 70 valence electrons. The Kier molecular flexibility index (Phi) is 1.96. The van der Waals surface area contributed by atoms with Crippen LogP contribution in [0.1, 0.15) is 18.4 Å². The Morgan fingerprint density at radius 2 is 2.23 bits per heavy atom. The minimum absolute atomic E-state index is 0.208. The van der Waals surface area contributed by atoms with Crippen molar-refractivity contribution in [1.29, 1.82) is 0 Å². The number of pyridine rings is 1. The summed E-state index contributed by atoms with van der Waals surface area (Å²) >= 11 is 0. The predicted octanol–water partition coefficient (Wildman–Crippen LogP) is 1.30. The van der Waals surface area contributed by atoms with Gasteiger partial charge in [0, 0.05) is 17.8 Å². The average molecular weight is 178 g/mol. The summed E-state index contributed by atoms with van der Waals surface area (Å²) in [4.78, 5) is 4.19. The Morgan fingerprint density at radius 1 is 1.46 bits per heavy atom. The van der Waals surface area contributed by atoms with Gasteiger partial charge in [-0.3, -0.25) is 0 Å². The SMILES string of the molecule is CNC1(c2ccc(OC)nc2)CC1. The predicted molar refractivity (Wildman–Crippen MR) is 50.8 cm³/mol. The fourth-order valence-corrected chi connectivity index (χ4v) is 1.59. The van der Waals surface area contributed by atoms with Crippen LogP contribution in [0.4, 0.5) is 0 Å². The van der Waals surface area contributed by atoms with Crippen LogP contribution in [-0.4, -0.2) is 19.1 Å². The average Bonchev–Trinajstić information content (AvgIpc) is 2.99. The van der Waals surface area contributed by atoms with E-state index >= 15 is 0 Å². The smallest absolute Gasteiger partial charge is 0.212 e. The lowest BCUT2D eigenvalue weighted by molar-refractivity contribution is 0.397. The Balaban J connectivity index is 2.23. The van der Waals surface area contributed by atoms with Crippen LogP contribution in [0.2, 0.25) is 0 Å². The quantitative estimate of drug-likeness (QED) is 0.757. The number of rotatable bonds is 3. The number of ether oxygens (including phenoxy) is 1. The maximum atomic E-state index is 5.00. The third-order valence-electron chi connectivity index (χ3n) is 2.73. The molecule has 3 heteroatoms. The molecule has 1 N–H and O–H groups in total. The molecule has 1 aromatic rings. The highest BCUT2D eigenvalue weighted by molar-refractivity contribution is 5.29. The molecule has 0 aliphatic heterocycles. The summed E-state index contributed by atoms with van der Waals surface area (Å²) in [6, 6.07) is 3.99.